The Bertz CT molecular complexity index is 719. The first-order chi connectivity index (χ1) is 10.7. The molecular weight excluding hydrogens is 319 g/mol. The maximum atomic E-state index is 13.9. The highest BCUT2D eigenvalue weighted by Gasteiger charge is 2.23. The van der Waals surface area contributed by atoms with E-state index in [4.69, 9.17) is 4.74 Å². The van der Waals surface area contributed by atoms with Crippen LogP contribution in [0.2, 0.25) is 0 Å². The van der Waals surface area contributed by atoms with Crippen LogP contribution >= 0.6 is 12.4 Å². The molecule has 1 aliphatic rings. The number of pyridine rings is 1. The van der Waals surface area contributed by atoms with Crippen LogP contribution in [0.15, 0.2) is 29.1 Å². The molecule has 2 aromatic rings. The second-order valence-electron chi connectivity index (χ2n) is 5.86. The summed E-state index contributed by atoms with van der Waals surface area (Å²) in [5.74, 6) is -0.344. The molecule has 0 amide bonds. The van der Waals surface area contributed by atoms with E-state index in [1.807, 2.05) is 0 Å². The van der Waals surface area contributed by atoms with Gasteiger partial charge in [0.05, 0.1) is 6.61 Å². The molecule has 1 N–H and O–H groups in total. The molecule has 0 aliphatic carbocycles. The first-order valence-corrected chi connectivity index (χ1v) is 7.72. The van der Waals surface area contributed by atoms with E-state index in [9.17, 15) is 9.18 Å². The Balaban J connectivity index is 0.00000192. The summed E-state index contributed by atoms with van der Waals surface area (Å²) in [4.78, 5) is 17.3. The molecule has 1 atom stereocenters. The molecule has 0 bridgehead atoms. The maximum Gasteiger partial charge on any atom is 0.256 e. The fraction of sp³-hybridized carbons (Fsp3) is 0.471. The zero-order valence-electron chi connectivity index (χ0n) is 13.2. The van der Waals surface area contributed by atoms with Crippen molar-refractivity contribution >= 4 is 23.2 Å². The first kappa shape index (κ1) is 17.9. The van der Waals surface area contributed by atoms with E-state index in [1.165, 1.54) is 12.5 Å². The molecule has 1 aromatic heterocycles. The van der Waals surface area contributed by atoms with E-state index < -0.39 is 0 Å². The SMILES string of the molecule is COCC1CCCN1CCc1cc2c(F)cccc2c(=O)[nH]1.Cl. The zero-order valence-corrected chi connectivity index (χ0v) is 14.0. The van der Waals surface area contributed by atoms with E-state index in [0.29, 0.717) is 23.2 Å². The highest BCUT2D eigenvalue weighted by molar-refractivity contribution is 5.85. The molecule has 3 rings (SSSR count). The first-order valence-electron chi connectivity index (χ1n) is 7.72. The average Bonchev–Trinajstić information content (AvgIpc) is 2.94. The van der Waals surface area contributed by atoms with Crippen LogP contribution in [0.1, 0.15) is 18.5 Å². The smallest absolute Gasteiger partial charge is 0.256 e. The Labute approximate surface area is 141 Å². The minimum absolute atomic E-state index is 0. The Morgan fingerprint density at radius 3 is 3.00 bits per heavy atom. The van der Waals surface area contributed by atoms with Crippen LogP contribution in [0.3, 0.4) is 0 Å². The number of ether oxygens (including phenoxy) is 1. The largest absolute Gasteiger partial charge is 0.383 e. The van der Waals surface area contributed by atoms with E-state index in [2.05, 4.69) is 9.88 Å². The average molecular weight is 341 g/mol. The van der Waals surface area contributed by atoms with Gasteiger partial charge in [0.25, 0.3) is 5.56 Å². The predicted molar refractivity (Wildman–Crippen MR) is 91.9 cm³/mol. The van der Waals surface area contributed by atoms with E-state index in [0.717, 1.165) is 31.8 Å². The third kappa shape index (κ3) is 3.91. The molecule has 1 aliphatic heterocycles. The molecule has 23 heavy (non-hydrogen) atoms. The Hall–Kier alpha value is -1.43. The van der Waals surface area contributed by atoms with E-state index in [1.54, 1.807) is 25.3 Å². The summed E-state index contributed by atoms with van der Waals surface area (Å²) < 4.78 is 19.1. The number of likely N-dealkylation sites (tertiary alicyclic amines) is 1. The molecule has 1 saturated heterocycles. The molecule has 1 fully saturated rings. The number of aromatic amines is 1. The van der Waals surface area contributed by atoms with Gasteiger partial charge in [0, 0.05) is 42.6 Å². The van der Waals surface area contributed by atoms with E-state index in [-0.39, 0.29) is 23.8 Å². The van der Waals surface area contributed by atoms with Gasteiger partial charge in [-0.05, 0) is 37.6 Å². The number of rotatable bonds is 5. The number of hydrogen-bond donors (Lipinski definition) is 1. The van der Waals surface area contributed by atoms with Crippen molar-refractivity contribution in [2.24, 2.45) is 0 Å². The number of nitrogens with zero attached hydrogens (tertiary/aromatic N) is 1. The fourth-order valence-electron chi connectivity index (χ4n) is 3.27. The van der Waals surface area contributed by atoms with Crippen LogP contribution in [0.25, 0.3) is 10.8 Å². The zero-order chi connectivity index (χ0) is 15.5. The second kappa shape index (κ2) is 7.90. The van der Waals surface area contributed by atoms with Crippen molar-refractivity contribution < 1.29 is 9.13 Å². The summed E-state index contributed by atoms with van der Waals surface area (Å²) in [6, 6.07) is 6.81. The topological polar surface area (TPSA) is 45.3 Å². The summed E-state index contributed by atoms with van der Waals surface area (Å²) >= 11 is 0. The predicted octanol–water partition coefficient (Wildman–Crippen LogP) is 2.74. The van der Waals surface area contributed by atoms with Gasteiger partial charge in [0.2, 0.25) is 0 Å². The summed E-state index contributed by atoms with van der Waals surface area (Å²) in [6.07, 6.45) is 3.04. The minimum Gasteiger partial charge on any atom is -0.383 e. The lowest BCUT2D eigenvalue weighted by molar-refractivity contribution is 0.116. The summed E-state index contributed by atoms with van der Waals surface area (Å²) in [5, 5.41) is 0.804. The van der Waals surface area contributed by atoms with Crippen LogP contribution in [0, 0.1) is 5.82 Å². The van der Waals surface area contributed by atoms with Crippen LogP contribution in [0.5, 0.6) is 0 Å². The lowest BCUT2D eigenvalue weighted by atomic mass is 10.1. The Kier molecular flexibility index (Phi) is 6.16. The third-order valence-corrected chi connectivity index (χ3v) is 4.42. The molecular formula is C17H22ClFN2O2. The van der Waals surface area contributed by atoms with Gasteiger partial charge in [0.15, 0.2) is 0 Å². The monoisotopic (exact) mass is 340 g/mol. The van der Waals surface area contributed by atoms with Gasteiger partial charge >= 0.3 is 0 Å². The van der Waals surface area contributed by atoms with Crippen LogP contribution in [-0.2, 0) is 11.2 Å². The van der Waals surface area contributed by atoms with Gasteiger partial charge in [0.1, 0.15) is 5.82 Å². The third-order valence-electron chi connectivity index (χ3n) is 4.42. The van der Waals surface area contributed by atoms with Crippen LogP contribution in [-0.4, -0.2) is 42.7 Å². The lowest BCUT2D eigenvalue weighted by Crippen LogP contribution is -2.34. The molecule has 0 radical (unpaired) electrons. The quantitative estimate of drug-likeness (QED) is 0.910. The van der Waals surface area contributed by atoms with Crippen LogP contribution in [0.4, 0.5) is 4.39 Å². The molecule has 0 saturated carbocycles. The lowest BCUT2D eigenvalue weighted by Gasteiger charge is -2.23. The van der Waals surface area contributed by atoms with Gasteiger partial charge in [-0.2, -0.15) is 0 Å². The van der Waals surface area contributed by atoms with Crippen molar-refractivity contribution in [3.63, 3.8) is 0 Å². The van der Waals surface area contributed by atoms with Crippen molar-refractivity contribution in [1.29, 1.82) is 0 Å². The van der Waals surface area contributed by atoms with Gasteiger partial charge in [-0.15, -0.1) is 12.4 Å². The molecule has 2 heterocycles. The van der Waals surface area contributed by atoms with E-state index >= 15 is 0 Å². The standard InChI is InChI=1S/C17H21FN2O2.ClH/c1-22-11-13-4-3-8-20(13)9-7-12-10-15-14(17(21)19-12)5-2-6-16(15)18;/h2,5-6,10,13H,3-4,7-9,11H2,1H3,(H,19,21);1H. The molecule has 1 unspecified atom stereocenters. The van der Waals surface area contributed by atoms with Crippen molar-refractivity contribution in [2.75, 3.05) is 26.8 Å². The number of methoxy groups -OCH3 is 1. The Morgan fingerprint density at radius 1 is 1.39 bits per heavy atom. The number of hydrogen-bond acceptors (Lipinski definition) is 3. The number of H-pyrrole nitrogens is 1. The van der Waals surface area contributed by atoms with Crippen LogP contribution < -0.4 is 5.56 Å². The van der Waals surface area contributed by atoms with Crippen molar-refractivity contribution in [3.05, 3.63) is 46.1 Å². The van der Waals surface area contributed by atoms with Gasteiger partial charge in [-0.3, -0.25) is 9.69 Å². The van der Waals surface area contributed by atoms with Gasteiger partial charge < -0.3 is 9.72 Å². The minimum atomic E-state index is -0.344. The molecule has 126 valence electrons. The summed E-state index contributed by atoms with van der Waals surface area (Å²) in [7, 11) is 1.72. The molecule has 0 spiro atoms. The molecule has 1 aromatic carbocycles. The van der Waals surface area contributed by atoms with Crippen molar-refractivity contribution in [1.82, 2.24) is 9.88 Å². The molecule has 6 heteroatoms. The summed E-state index contributed by atoms with van der Waals surface area (Å²) in [5.41, 5.74) is 0.563. The fourth-order valence-corrected chi connectivity index (χ4v) is 3.27. The Morgan fingerprint density at radius 2 is 2.22 bits per heavy atom. The molecule has 4 nitrogen and oxygen atoms in total. The second-order valence-corrected chi connectivity index (χ2v) is 5.86. The number of fused-ring (bicyclic) bond motifs is 1. The van der Waals surface area contributed by atoms with Crippen molar-refractivity contribution in [3.8, 4) is 0 Å². The van der Waals surface area contributed by atoms with Gasteiger partial charge in [-0.1, -0.05) is 6.07 Å². The maximum absolute atomic E-state index is 13.9. The highest BCUT2D eigenvalue weighted by atomic mass is 35.5. The number of benzene rings is 1. The summed E-state index contributed by atoms with van der Waals surface area (Å²) in [6.45, 7) is 2.65. The highest BCUT2D eigenvalue weighted by Crippen LogP contribution is 2.19. The number of halogens is 2. The van der Waals surface area contributed by atoms with Gasteiger partial charge in [-0.25, -0.2) is 4.39 Å². The number of nitrogens with one attached hydrogen (secondary N) is 1. The van der Waals surface area contributed by atoms with Crippen molar-refractivity contribution in [2.45, 2.75) is 25.3 Å². The normalized spacial score (nSPS) is 18.3. The number of aromatic nitrogens is 1.